The molecule has 1 aromatic carbocycles. The minimum absolute atomic E-state index is 0. The zero-order valence-electron chi connectivity index (χ0n) is 16.1. The van der Waals surface area contributed by atoms with Gasteiger partial charge in [0.25, 0.3) is 5.56 Å². The lowest BCUT2D eigenvalue weighted by Gasteiger charge is -2.25. The van der Waals surface area contributed by atoms with E-state index in [-0.39, 0.29) is 49.1 Å². The topological polar surface area (TPSA) is 108 Å². The van der Waals surface area contributed by atoms with Gasteiger partial charge in [-0.2, -0.15) is 0 Å². The summed E-state index contributed by atoms with van der Waals surface area (Å²) in [5, 5.41) is 4.69. The van der Waals surface area contributed by atoms with E-state index in [4.69, 9.17) is 20.2 Å². The van der Waals surface area contributed by atoms with Gasteiger partial charge < -0.3 is 20.2 Å². The van der Waals surface area contributed by atoms with E-state index in [1.807, 2.05) is 22.9 Å². The number of nitrogens with two attached hydrogens (primary N) is 1. The van der Waals surface area contributed by atoms with E-state index in [1.54, 1.807) is 18.3 Å². The second-order valence-corrected chi connectivity index (χ2v) is 7.27. The second kappa shape index (κ2) is 9.07. The van der Waals surface area contributed by atoms with Gasteiger partial charge in [-0.05, 0) is 49.9 Å². The highest BCUT2D eigenvalue weighted by atomic mass is 35.5. The number of rotatable bonds is 3. The molecule has 0 saturated heterocycles. The van der Waals surface area contributed by atoms with Crippen molar-refractivity contribution < 1.29 is 9.47 Å². The molecule has 8 nitrogen and oxygen atoms in total. The third-order valence-corrected chi connectivity index (χ3v) is 5.43. The van der Waals surface area contributed by atoms with E-state index in [9.17, 15) is 4.79 Å². The van der Waals surface area contributed by atoms with Crippen molar-refractivity contribution in [1.29, 1.82) is 0 Å². The van der Waals surface area contributed by atoms with Crippen molar-refractivity contribution in [3.8, 4) is 28.6 Å². The molecule has 1 aliphatic heterocycles. The molecule has 30 heavy (non-hydrogen) atoms. The number of aromatic nitrogens is 4. The van der Waals surface area contributed by atoms with Crippen LogP contribution >= 0.6 is 24.8 Å². The smallest absolute Gasteiger partial charge is 0.259 e. The Bertz CT molecular complexity index is 1080. The van der Waals surface area contributed by atoms with Crippen LogP contribution in [0.5, 0.6) is 11.5 Å². The number of nitrogens with zero attached hydrogens (tertiary/aromatic N) is 3. The van der Waals surface area contributed by atoms with Gasteiger partial charge in [-0.1, -0.05) is 0 Å². The number of H-pyrrole nitrogens is 1. The number of fused-ring (bicyclic) bond motifs is 1. The first-order valence-corrected chi connectivity index (χ1v) is 9.49. The third kappa shape index (κ3) is 4.03. The molecule has 2 aromatic heterocycles. The van der Waals surface area contributed by atoms with Gasteiger partial charge in [0.05, 0.1) is 11.3 Å². The minimum Gasteiger partial charge on any atom is -0.454 e. The predicted molar refractivity (Wildman–Crippen MR) is 117 cm³/mol. The highest BCUT2D eigenvalue weighted by molar-refractivity contribution is 5.85. The molecule has 3 heterocycles. The summed E-state index contributed by atoms with van der Waals surface area (Å²) < 4.78 is 12.8. The van der Waals surface area contributed by atoms with Gasteiger partial charge in [-0.25, -0.2) is 9.67 Å². The van der Waals surface area contributed by atoms with Crippen LogP contribution in [0, 0.1) is 0 Å². The predicted octanol–water partition coefficient (Wildman–Crippen LogP) is 3.18. The summed E-state index contributed by atoms with van der Waals surface area (Å²) in [5.41, 5.74) is 7.17. The molecule has 1 aliphatic carbocycles. The van der Waals surface area contributed by atoms with E-state index in [0.717, 1.165) is 37.2 Å². The van der Waals surface area contributed by atoms with Crippen LogP contribution in [0.25, 0.3) is 17.1 Å². The van der Waals surface area contributed by atoms with Crippen molar-refractivity contribution >= 4 is 24.8 Å². The SMILES string of the molecule is Cl.Cl.NC1CCC(c2nc(-c3ccc[nH]c3=O)nn2-c2ccc3c(c2)OCO3)CC1. The number of pyridine rings is 1. The van der Waals surface area contributed by atoms with Crippen LogP contribution in [-0.2, 0) is 0 Å². The Balaban J connectivity index is 0.00000128. The van der Waals surface area contributed by atoms with E-state index in [1.165, 1.54) is 0 Å². The Hall–Kier alpha value is -2.55. The number of hydrogen-bond acceptors (Lipinski definition) is 6. The number of ether oxygens (including phenoxy) is 2. The largest absolute Gasteiger partial charge is 0.454 e. The number of nitrogens with one attached hydrogen (secondary N) is 1. The lowest BCUT2D eigenvalue weighted by atomic mass is 9.86. The van der Waals surface area contributed by atoms with E-state index < -0.39 is 0 Å². The number of aromatic amines is 1. The average molecular weight is 452 g/mol. The van der Waals surface area contributed by atoms with Crippen LogP contribution in [0.15, 0.2) is 41.3 Å². The number of hydrogen-bond donors (Lipinski definition) is 2. The summed E-state index contributed by atoms with van der Waals surface area (Å²) in [6, 6.07) is 9.45. The van der Waals surface area contributed by atoms with Gasteiger partial charge in [0, 0.05) is 24.2 Å². The van der Waals surface area contributed by atoms with Crippen molar-refractivity contribution in [2.24, 2.45) is 5.73 Å². The summed E-state index contributed by atoms with van der Waals surface area (Å²) >= 11 is 0. The van der Waals surface area contributed by atoms with Crippen molar-refractivity contribution in [2.45, 2.75) is 37.6 Å². The Morgan fingerprint density at radius 2 is 1.83 bits per heavy atom. The molecule has 5 rings (SSSR count). The van der Waals surface area contributed by atoms with Crippen molar-refractivity contribution in [1.82, 2.24) is 19.7 Å². The van der Waals surface area contributed by atoms with Gasteiger partial charge in [0.15, 0.2) is 17.3 Å². The molecule has 1 saturated carbocycles. The fraction of sp³-hybridized carbons (Fsp3) is 0.350. The fourth-order valence-electron chi connectivity index (χ4n) is 3.88. The van der Waals surface area contributed by atoms with Gasteiger partial charge >= 0.3 is 0 Å². The van der Waals surface area contributed by atoms with E-state index in [0.29, 0.717) is 22.9 Å². The zero-order chi connectivity index (χ0) is 19.1. The number of benzene rings is 1. The Labute approximate surface area is 185 Å². The average Bonchev–Trinajstić information content (AvgIpc) is 3.35. The number of halogens is 2. The summed E-state index contributed by atoms with van der Waals surface area (Å²) in [6.45, 7) is 0.216. The summed E-state index contributed by atoms with van der Waals surface area (Å²) in [4.78, 5) is 19.7. The highest BCUT2D eigenvalue weighted by Crippen LogP contribution is 2.37. The molecule has 0 bridgehead atoms. The molecule has 3 aromatic rings. The van der Waals surface area contributed by atoms with Gasteiger partial charge in [0.1, 0.15) is 5.82 Å². The molecule has 160 valence electrons. The Morgan fingerprint density at radius 3 is 2.60 bits per heavy atom. The lowest BCUT2D eigenvalue weighted by Crippen LogP contribution is -2.26. The molecule has 0 unspecified atom stereocenters. The first kappa shape index (κ1) is 22.1. The van der Waals surface area contributed by atoms with Crippen LogP contribution in [0.3, 0.4) is 0 Å². The van der Waals surface area contributed by atoms with Crippen molar-refractivity contribution in [3.05, 3.63) is 52.7 Å². The first-order valence-electron chi connectivity index (χ1n) is 9.49. The van der Waals surface area contributed by atoms with E-state index >= 15 is 0 Å². The molecule has 2 aliphatic rings. The lowest BCUT2D eigenvalue weighted by molar-refractivity contribution is 0.174. The highest BCUT2D eigenvalue weighted by Gasteiger charge is 2.27. The van der Waals surface area contributed by atoms with E-state index in [2.05, 4.69) is 10.1 Å². The third-order valence-electron chi connectivity index (χ3n) is 5.43. The maximum absolute atomic E-state index is 12.3. The van der Waals surface area contributed by atoms with Crippen LogP contribution in [0.1, 0.15) is 37.4 Å². The normalized spacial score (nSPS) is 19.6. The maximum atomic E-state index is 12.3. The standard InChI is InChI=1S/C20H21N5O3.2ClH/c21-13-5-3-12(4-6-13)19-23-18(15-2-1-9-22-20(15)26)24-25(19)14-7-8-16-17(10-14)28-11-27-16;;/h1-2,7-10,12-13H,3-6,11,21H2,(H,22,26);2*1H. The van der Waals surface area contributed by atoms with Crippen LogP contribution in [-0.4, -0.2) is 32.6 Å². The van der Waals surface area contributed by atoms with Crippen molar-refractivity contribution in [3.63, 3.8) is 0 Å². The van der Waals surface area contributed by atoms with Gasteiger partial charge in [-0.3, -0.25) is 4.79 Å². The molecular weight excluding hydrogens is 429 g/mol. The monoisotopic (exact) mass is 451 g/mol. The van der Waals surface area contributed by atoms with Gasteiger partial charge in [-0.15, -0.1) is 29.9 Å². The Morgan fingerprint density at radius 1 is 1.07 bits per heavy atom. The van der Waals surface area contributed by atoms with Crippen LogP contribution in [0.2, 0.25) is 0 Å². The molecule has 0 radical (unpaired) electrons. The molecule has 10 heteroatoms. The molecule has 0 atom stereocenters. The molecule has 1 fully saturated rings. The minimum atomic E-state index is -0.206. The van der Waals surface area contributed by atoms with Crippen molar-refractivity contribution in [2.75, 3.05) is 6.79 Å². The molecular formula is C20H23Cl2N5O3. The van der Waals surface area contributed by atoms with Crippen LogP contribution in [0.4, 0.5) is 0 Å². The maximum Gasteiger partial charge on any atom is 0.259 e. The zero-order valence-corrected chi connectivity index (χ0v) is 17.7. The van der Waals surface area contributed by atoms with Gasteiger partial charge in [0.2, 0.25) is 6.79 Å². The molecule has 0 amide bonds. The quantitative estimate of drug-likeness (QED) is 0.632. The summed E-state index contributed by atoms with van der Waals surface area (Å²) in [6.07, 6.45) is 5.42. The molecule has 3 N–H and O–H groups in total. The molecule has 0 spiro atoms. The summed E-state index contributed by atoms with van der Waals surface area (Å²) in [7, 11) is 0. The summed E-state index contributed by atoms with van der Waals surface area (Å²) in [5.74, 6) is 2.92. The second-order valence-electron chi connectivity index (χ2n) is 7.27. The Kier molecular flexibility index (Phi) is 6.70. The first-order chi connectivity index (χ1) is 13.7. The fourth-order valence-corrected chi connectivity index (χ4v) is 3.88. The van der Waals surface area contributed by atoms with Crippen LogP contribution < -0.4 is 20.8 Å².